The minimum absolute atomic E-state index is 0.235. The standard InChI is InChI=1S/C16H19F3N2O2/c17-16(18,19)12-3-4-14(21-6-1-2-7-21)13(9-12)20-15(22)11-5-8-23-10-11/h3-4,9,11H,1-2,5-8,10H2,(H,20,22). The number of nitrogens with one attached hydrogen (secondary N) is 1. The Morgan fingerprint density at radius 1 is 1.26 bits per heavy atom. The fourth-order valence-electron chi connectivity index (χ4n) is 3.02. The van der Waals surface area contributed by atoms with Crippen LogP contribution in [0.3, 0.4) is 0 Å². The lowest BCUT2D eigenvalue weighted by Gasteiger charge is -2.23. The first-order valence-electron chi connectivity index (χ1n) is 7.80. The second kappa shape index (κ2) is 6.39. The van der Waals surface area contributed by atoms with Crippen molar-refractivity contribution in [2.45, 2.75) is 25.4 Å². The monoisotopic (exact) mass is 328 g/mol. The Labute approximate surface area is 132 Å². The molecule has 3 rings (SSSR count). The summed E-state index contributed by atoms with van der Waals surface area (Å²) in [5.74, 6) is -0.571. The van der Waals surface area contributed by atoms with E-state index in [2.05, 4.69) is 5.32 Å². The summed E-state index contributed by atoms with van der Waals surface area (Å²) >= 11 is 0. The molecule has 0 aliphatic carbocycles. The Kier molecular flexibility index (Phi) is 4.48. The number of hydrogen-bond donors (Lipinski definition) is 1. The van der Waals surface area contributed by atoms with E-state index in [0.29, 0.717) is 25.3 Å². The number of alkyl halides is 3. The van der Waals surface area contributed by atoms with Crippen LogP contribution >= 0.6 is 0 Å². The van der Waals surface area contributed by atoms with Gasteiger partial charge >= 0.3 is 6.18 Å². The molecule has 1 aromatic rings. The molecule has 0 spiro atoms. The molecule has 0 radical (unpaired) electrons. The van der Waals surface area contributed by atoms with Crippen LogP contribution < -0.4 is 10.2 Å². The molecule has 1 amide bonds. The van der Waals surface area contributed by atoms with Crippen molar-refractivity contribution in [2.75, 3.05) is 36.5 Å². The Bertz CT molecular complexity index is 577. The maximum atomic E-state index is 13.0. The Morgan fingerprint density at radius 2 is 2.00 bits per heavy atom. The SMILES string of the molecule is O=C(Nc1cc(C(F)(F)F)ccc1N1CCCC1)C1CCOC1. The van der Waals surface area contributed by atoms with E-state index >= 15 is 0 Å². The van der Waals surface area contributed by atoms with Crippen LogP contribution in [0.15, 0.2) is 18.2 Å². The van der Waals surface area contributed by atoms with Crippen LogP contribution in [0, 0.1) is 5.92 Å². The average molecular weight is 328 g/mol. The van der Waals surface area contributed by atoms with Gasteiger partial charge in [0.05, 0.1) is 29.5 Å². The third-order valence-electron chi connectivity index (χ3n) is 4.33. The van der Waals surface area contributed by atoms with Gasteiger partial charge < -0.3 is 15.0 Å². The average Bonchev–Trinajstić information content (AvgIpc) is 3.20. The number of carbonyl (C=O) groups is 1. The molecular formula is C16H19F3N2O2. The summed E-state index contributed by atoms with van der Waals surface area (Å²) in [4.78, 5) is 14.3. The lowest BCUT2D eigenvalue weighted by Crippen LogP contribution is -2.26. The maximum Gasteiger partial charge on any atom is 0.416 e. The number of anilines is 2. The van der Waals surface area contributed by atoms with Gasteiger partial charge in [-0.25, -0.2) is 0 Å². The molecule has 1 aromatic carbocycles. The van der Waals surface area contributed by atoms with Gasteiger partial charge in [-0.3, -0.25) is 4.79 Å². The number of amides is 1. The molecule has 0 saturated carbocycles. The first-order valence-corrected chi connectivity index (χ1v) is 7.80. The fraction of sp³-hybridized carbons (Fsp3) is 0.562. The van der Waals surface area contributed by atoms with E-state index in [1.165, 1.54) is 6.07 Å². The van der Waals surface area contributed by atoms with Gasteiger partial charge in [-0.05, 0) is 37.5 Å². The first-order chi connectivity index (χ1) is 10.9. The van der Waals surface area contributed by atoms with Crippen molar-refractivity contribution in [3.05, 3.63) is 23.8 Å². The van der Waals surface area contributed by atoms with Gasteiger partial charge in [0.25, 0.3) is 0 Å². The second-order valence-electron chi connectivity index (χ2n) is 5.97. The highest BCUT2D eigenvalue weighted by atomic mass is 19.4. The van der Waals surface area contributed by atoms with Crippen molar-refractivity contribution < 1.29 is 22.7 Å². The number of halogens is 3. The summed E-state index contributed by atoms with van der Waals surface area (Å²) in [6.07, 6.45) is -1.82. The lowest BCUT2D eigenvalue weighted by molar-refractivity contribution is -0.137. The summed E-state index contributed by atoms with van der Waals surface area (Å²) in [5.41, 5.74) is 0.139. The van der Waals surface area contributed by atoms with Gasteiger partial charge in [0.1, 0.15) is 0 Å². The zero-order valence-corrected chi connectivity index (χ0v) is 12.7. The molecule has 0 bridgehead atoms. The largest absolute Gasteiger partial charge is 0.416 e. The highest BCUT2D eigenvalue weighted by Gasteiger charge is 2.32. The molecular weight excluding hydrogens is 309 g/mol. The van der Waals surface area contributed by atoms with Crippen molar-refractivity contribution in [1.82, 2.24) is 0 Å². The Morgan fingerprint density at radius 3 is 2.61 bits per heavy atom. The molecule has 4 nitrogen and oxygen atoms in total. The van der Waals surface area contributed by atoms with Crippen molar-refractivity contribution in [3.8, 4) is 0 Å². The molecule has 1 N–H and O–H groups in total. The van der Waals surface area contributed by atoms with Gasteiger partial charge in [-0.15, -0.1) is 0 Å². The summed E-state index contributed by atoms with van der Waals surface area (Å²) in [7, 11) is 0. The molecule has 1 unspecified atom stereocenters. The van der Waals surface area contributed by atoms with Gasteiger partial charge in [0.15, 0.2) is 0 Å². The molecule has 126 valence electrons. The van der Waals surface area contributed by atoms with Crippen molar-refractivity contribution in [3.63, 3.8) is 0 Å². The zero-order chi connectivity index (χ0) is 16.4. The van der Waals surface area contributed by atoms with E-state index in [-0.39, 0.29) is 17.5 Å². The molecule has 7 heteroatoms. The summed E-state index contributed by atoms with van der Waals surface area (Å²) in [6.45, 7) is 2.42. The van der Waals surface area contributed by atoms with E-state index in [4.69, 9.17) is 4.74 Å². The molecule has 2 aliphatic heterocycles. The topological polar surface area (TPSA) is 41.6 Å². The molecule has 1 atom stereocenters. The van der Waals surface area contributed by atoms with Crippen LogP contribution in [-0.2, 0) is 15.7 Å². The van der Waals surface area contributed by atoms with Crippen LogP contribution in [0.1, 0.15) is 24.8 Å². The van der Waals surface area contributed by atoms with E-state index < -0.39 is 11.7 Å². The molecule has 2 aliphatic rings. The highest BCUT2D eigenvalue weighted by Crippen LogP contribution is 2.36. The van der Waals surface area contributed by atoms with Crippen molar-refractivity contribution >= 4 is 17.3 Å². The predicted molar refractivity (Wildman–Crippen MR) is 80.4 cm³/mol. The van der Waals surface area contributed by atoms with Gasteiger partial charge in [-0.2, -0.15) is 13.2 Å². The molecule has 2 fully saturated rings. The maximum absolute atomic E-state index is 13.0. The molecule has 0 aromatic heterocycles. The van der Waals surface area contributed by atoms with Crippen LogP contribution in [0.25, 0.3) is 0 Å². The summed E-state index contributed by atoms with van der Waals surface area (Å²) in [6, 6.07) is 3.55. The number of benzene rings is 1. The van der Waals surface area contributed by atoms with Crippen LogP contribution in [0.2, 0.25) is 0 Å². The summed E-state index contributed by atoms with van der Waals surface area (Å²) < 4.78 is 44.1. The van der Waals surface area contributed by atoms with E-state index in [9.17, 15) is 18.0 Å². The minimum Gasteiger partial charge on any atom is -0.381 e. The van der Waals surface area contributed by atoms with Crippen molar-refractivity contribution in [2.24, 2.45) is 5.92 Å². The number of ether oxygens (including phenoxy) is 1. The fourth-order valence-corrected chi connectivity index (χ4v) is 3.02. The van der Waals surface area contributed by atoms with Crippen LogP contribution in [0.5, 0.6) is 0 Å². The summed E-state index contributed by atoms with van der Waals surface area (Å²) in [5, 5.41) is 2.68. The van der Waals surface area contributed by atoms with Gasteiger partial charge in [0, 0.05) is 19.7 Å². The third kappa shape index (κ3) is 3.60. The number of rotatable bonds is 3. The quantitative estimate of drug-likeness (QED) is 0.926. The van der Waals surface area contributed by atoms with E-state index in [1.807, 2.05) is 4.90 Å². The Balaban J connectivity index is 1.88. The van der Waals surface area contributed by atoms with Gasteiger partial charge in [-0.1, -0.05) is 0 Å². The highest BCUT2D eigenvalue weighted by molar-refractivity contribution is 5.96. The first kappa shape index (κ1) is 16.1. The van der Waals surface area contributed by atoms with Crippen molar-refractivity contribution in [1.29, 1.82) is 0 Å². The van der Waals surface area contributed by atoms with Crippen LogP contribution in [-0.4, -0.2) is 32.2 Å². The lowest BCUT2D eigenvalue weighted by atomic mass is 10.1. The zero-order valence-electron chi connectivity index (χ0n) is 12.7. The second-order valence-corrected chi connectivity index (χ2v) is 5.97. The molecule has 23 heavy (non-hydrogen) atoms. The van der Waals surface area contributed by atoms with E-state index in [1.54, 1.807) is 0 Å². The van der Waals surface area contributed by atoms with Crippen LogP contribution in [0.4, 0.5) is 24.5 Å². The number of hydrogen-bond acceptors (Lipinski definition) is 3. The molecule has 2 saturated heterocycles. The third-order valence-corrected chi connectivity index (χ3v) is 4.33. The van der Waals surface area contributed by atoms with E-state index in [0.717, 1.165) is 38.1 Å². The smallest absolute Gasteiger partial charge is 0.381 e. The minimum atomic E-state index is -4.43. The van der Waals surface area contributed by atoms with Gasteiger partial charge in [0.2, 0.25) is 5.91 Å². The Hall–Kier alpha value is -1.76. The molecule has 2 heterocycles. The number of carbonyl (C=O) groups excluding carboxylic acids is 1. The normalized spacial score (nSPS) is 21.7. The predicted octanol–water partition coefficient (Wildman–Crippen LogP) is 3.28. The number of nitrogens with zero attached hydrogens (tertiary/aromatic N) is 1.